The molecule has 4 heteroatoms. The number of unbranched alkanes of at least 4 members (excludes halogenated alkanes) is 1. The Kier molecular flexibility index (Phi) is 6.39. The van der Waals surface area contributed by atoms with E-state index in [1.807, 2.05) is 12.3 Å². The van der Waals surface area contributed by atoms with Gasteiger partial charge in [0, 0.05) is 25.5 Å². The van der Waals surface area contributed by atoms with E-state index in [0.29, 0.717) is 5.95 Å². The standard InChI is InChI=1S/C19H28N4/c1-5-8-14-23(4)17-12-13-20-19(21-17)22-18-15(6-2)10-9-11-16(18)7-3/h9-13H,5-8,14H2,1-4H3,(H,20,21,22). The minimum Gasteiger partial charge on any atom is -0.360 e. The molecule has 4 nitrogen and oxygen atoms in total. The van der Waals surface area contributed by atoms with Crippen molar-refractivity contribution in [1.29, 1.82) is 0 Å². The van der Waals surface area contributed by atoms with Crippen LogP contribution in [0, 0.1) is 0 Å². The van der Waals surface area contributed by atoms with Gasteiger partial charge in [-0.1, -0.05) is 45.4 Å². The van der Waals surface area contributed by atoms with Crippen molar-refractivity contribution in [3.8, 4) is 0 Å². The van der Waals surface area contributed by atoms with Crippen LogP contribution in [0.15, 0.2) is 30.5 Å². The fourth-order valence-electron chi connectivity index (χ4n) is 2.65. The lowest BCUT2D eigenvalue weighted by Crippen LogP contribution is -2.20. The van der Waals surface area contributed by atoms with E-state index in [1.54, 1.807) is 0 Å². The van der Waals surface area contributed by atoms with E-state index in [4.69, 9.17) is 0 Å². The van der Waals surface area contributed by atoms with Gasteiger partial charge >= 0.3 is 0 Å². The average molecular weight is 312 g/mol. The summed E-state index contributed by atoms with van der Waals surface area (Å²) in [5.74, 6) is 1.63. The highest BCUT2D eigenvalue weighted by Gasteiger charge is 2.09. The van der Waals surface area contributed by atoms with Gasteiger partial charge in [0.25, 0.3) is 0 Å². The lowest BCUT2D eigenvalue weighted by Gasteiger charge is -2.19. The lowest BCUT2D eigenvalue weighted by molar-refractivity contribution is 0.759. The minimum atomic E-state index is 0.668. The number of benzene rings is 1. The van der Waals surface area contributed by atoms with Crippen LogP contribution in [0.4, 0.5) is 17.5 Å². The molecule has 1 heterocycles. The number of aromatic nitrogens is 2. The van der Waals surface area contributed by atoms with Crippen molar-refractivity contribution in [3.63, 3.8) is 0 Å². The maximum atomic E-state index is 4.68. The van der Waals surface area contributed by atoms with E-state index in [0.717, 1.165) is 30.9 Å². The third kappa shape index (κ3) is 4.44. The summed E-state index contributed by atoms with van der Waals surface area (Å²) in [7, 11) is 2.08. The van der Waals surface area contributed by atoms with E-state index in [1.165, 1.54) is 24.0 Å². The number of nitrogens with zero attached hydrogens (tertiary/aromatic N) is 3. The Balaban J connectivity index is 2.24. The average Bonchev–Trinajstić information content (AvgIpc) is 2.60. The molecule has 2 aromatic rings. The predicted octanol–water partition coefficient (Wildman–Crippen LogP) is 4.58. The molecule has 0 aliphatic carbocycles. The lowest BCUT2D eigenvalue weighted by atomic mass is 10.0. The highest BCUT2D eigenvalue weighted by Crippen LogP contribution is 2.25. The van der Waals surface area contributed by atoms with E-state index >= 15 is 0 Å². The molecule has 0 fully saturated rings. The molecule has 0 aliphatic rings. The quantitative estimate of drug-likeness (QED) is 0.774. The second-order valence-corrected chi connectivity index (χ2v) is 5.80. The third-order valence-electron chi connectivity index (χ3n) is 4.11. The van der Waals surface area contributed by atoms with Crippen LogP contribution >= 0.6 is 0 Å². The summed E-state index contributed by atoms with van der Waals surface area (Å²) < 4.78 is 0. The van der Waals surface area contributed by atoms with Gasteiger partial charge in [0.2, 0.25) is 5.95 Å². The van der Waals surface area contributed by atoms with Crippen molar-refractivity contribution in [2.24, 2.45) is 0 Å². The summed E-state index contributed by atoms with van der Waals surface area (Å²) in [6.07, 6.45) is 6.16. The van der Waals surface area contributed by atoms with Gasteiger partial charge in [0.15, 0.2) is 0 Å². The number of hydrogen-bond donors (Lipinski definition) is 1. The molecular weight excluding hydrogens is 284 g/mol. The summed E-state index contributed by atoms with van der Waals surface area (Å²) in [5.41, 5.74) is 3.77. The molecule has 0 radical (unpaired) electrons. The van der Waals surface area contributed by atoms with Gasteiger partial charge < -0.3 is 10.2 Å². The number of aryl methyl sites for hydroxylation is 2. The molecule has 0 unspecified atom stereocenters. The van der Waals surface area contributed by atoms with Gasteiger partial charge in [-0.05, 0) is 36.5 Å². The van der Waals surface area contributed by atoms with Crippen molar-refractivity contribution in [1.82, 2.24) is 9.97 Å². The first-order valence-electron chi connectivity index (χ1n) is 8.61. The highest BCUT2D eigenvalue weighted by molar-refractivity contribution is 5.64. The number of nitrogens with one attached hydrogen (secondary N) is 1. The topological polar surface area (TPSA) is 41.1 Å². The van der Waals surface area contributed by atoms with Gasteiger partial charge in [0.1, 0.15) is 5.82 Å². The Morgan fingerprint density at radius 2 is 1.74 bits per heavy atom. The van der Waals surface area contributed by atoms with Crippen molar-refractivity contribution in [3.05, 3.63) is 41.6 Å². The molecule has 0 saturated heterocycles. The van der Waals surface area contributed by atoms with Crippen LogP contribution in [-0.4, -0.2) is 23.6 Å². The van der Waals surface area contributed by atoms with Crippen LogP contribution < -0.4 is 10.2 Å². The molecule has 124 valence electrons. The molecule has 0 spiro atoms. The smallest absolute Gasteiger partial charge is 0.229 e. The predicted molar refractivity (Wildman–Crippen MR) is 98.7 cm³/mol. The summed E-state index contributed by atoms with van der Waals surface area (Å²) in [4.78, 5) is 11.3. The molecule has 1 N–H and O–H groups in total. The molecule has 0 amide bonds. The Labute approximate surface area is 140 Å². The molecule has 0 atom stereocenters. The largest absolute Gasteiger partial charge is 0.360 e. The first-order chi connectivity index (χ1) is 11.2. The monoisotopic (exact) mass is 312 g/mol. The fraction of sp³-hybridized carbons (Fsp3) is 0.474. The maximum absolute atomic E-state index is 4.68. The van der Waals surface area contributed by atoms with Crippen molar-refractivity contribution in [2.45, 2.75) is 46.5 Å². The molecular formula is C19H28N4. The Morgan fingerprint density at radius 3 is 2.35 bits per heavy atom. The normalized spacial score (nSPS) is 10.6. The minimum absolute atomic E-state index is 0.668. The Hall–Kier alpha value is -2.10. The summed E-state index contributed by atoms with van der Waals surface area (Å²) in [6, 6.07) is 8.42. The fourth-order valence-corrected chi connectivity index (χ4v) is 2.65. The Morgan fingerprint density at radius 1 is 1.04 bits per heavy atom. The molecule has 1 aromatic heterocycles. The molecule has 0 bridgehead atoms. The van der Waals surface area contributed by atoms with Crippen molar-refractivity contribution < 1.29 is 0 Å². The van der Waals surface area contributed by atoms with E-state index in [2.05, 4.69) is 66.2 Å². The van der Waals surface area contributed by atoms with Crippen molar-refractivity contribution >= 4 is 17.5 Å². The third-order valence-corrected chi connectivity index (χ3v) is 4.11. The van der Waals surface area contributed by atoms with Crippen LogP contribution in [-0.2, 0) is 12.8 Å². The van der Waals surface area contributed by atoms with Crippen LogP contribution in [0.2, 0.25) is 0 Å². The molecule has 0 saturated carbocycles. The second kappa shape index (κ2) is 8.51. The number of para-hydroxylation sites is 1. The Bertz CT molecular complexity index is 602. The van der Waals surface area contributed by atoms with Gasteiger partial charge in [-0.25, -0.2) is 4.98 Å². The SMILES string of the molecule is CCCCN(C)c1ccnc(Nc2c(CC)cccc2CC)n1. The zero-order valence-corrected chi connectivity index (χ0v) is 14.8. The molecule has 1 aromatic carbocycles. The summed E-state index contributed by atoms with van der Waals surface area (Å²) in [6.45, 7) is 7.57. The maximum Gasteiger partial charge on any atom is 0.229 e. The first kappa shape index (κ1) is 17.3. The van der Waals surface area contributed by atoms with Crippen LogP contribution in [0.5, 0.6) is 0 Å². The van der Waals surface area contributed by atoms with Crippen LogP contribution in [0.1, 0.15) is 44.7 Å². The summed E-state index contributed by atoms with van der Waals surface area (Å²) in [5, 5.41) is 3.45. The van der Waals surface area contributed by atoms with E-state index in [9.17, 15) is 0 Å². The molecule has 23 heavy (non-hydrogen) atoms. The number of hydrogen-bond acceptors (Lipinski definition) is 4. The van der Waals surface area contributed by atoms with Crippen LogP contribution in [0.3, 0.4) is 0 Å². The molecule has 0 aliphatic heterocycles. The van der Waals surface area contributed by atoms with E-state index < -0.39 is 0 Å². The zero-order valence-electron chi connectivity index (χ0n) is 14.8. The van der Waals surface area contributed by atoms with Crippen molar-refractivity contribution in [2.75, 3.05) is 23.8 Å². The van der Waals surface area contributed by atoms with Gasteiger partial charge in [-0.2, -0.15) is 4.98 Å². The zero-order chi connectivity index (χ0) is 16.7. The summed E-state index contributed by atoms with van der Waals surface area (Å²) >= 11 is 0. The highest BCUT2D eigenvalue weighted by atomic mass is 15.2. The first-order valence-corrected chi connectivity index (χ1v) is 8.61. The van der Waals surface area contributed by atoms with Crippen LogP contribution in [0.25, 0.3) is 0 Å². The number of anilines is 3. The second-order valence-electron chi connectivity index (χ2n) is 5.80. The van der Waals surface area contributed by atoms with Gasteiger partial charge in [0.05, 0.1) is 0 Å². The van der Waals surface area contributed by atoms with Gasteiger partial charge in [-0.15, -0.1) is 0 Å². The van der Waals surface area contributed by atoms with Gasteiger partial charge in [-0.3, -0.25) is 0 Å². The molecule has 2 rings (SSSR count). The van der Waals surface area contributed by atoms with E-state index in [-0.39, 0.29) is 0 Å². The number of rotatable bonds is 8.